The summed E-state index contributed by atoms with van der Waals surface area (Å²) >= 11 is 0. The van der Waals surface area contributed by atoms with Crippen LogP contribution in [-0.4, -0.2) is 15.0 Å². The van der Waals surface area contributed by atoms with Crippen molar-refractivity contribution in [1.82, 2.24) is 15.0 Å². The van der Waals surface area contributed by atoms with Crippen LogP contribution in [0.2, 0.25) is 0 Å². The molecule has 0 aliphatic heterocycles. The topological polar surface area (TPSA) is 63.8 Å². The van der Waals surface area contributed by atoms with Gasteiger partial charge in [0.2, 0.25) is 5.89 Å². The van der Waals surface area contributed by atoms with Gasteiger partial charge < -0.3 is 9.73 Å². The zero-order chi connectivity index (χ0) is 13.8. The van der Waals surface area contributed by atoms with E-state index in [1.807, 2.05) is 0 Å². The number of oxazole rings is 1. The highest BCUT2D eigenvalue weighted by molar-refractivity contribution is 5.46. The average Bonchev–Trinajstić information content (AvgIpc) is 2.80. The lowest BCUT2D eigenvalue weighted by Gasteiger charge is -2.11. The molecule has 0 aromatic carbocycles. The molecule has 0 radical (unpaired) electrons. The van der Waals surface area contributed by atoms with Gasteiger partial charge in [0.1, 0.15) is 17.9 Å². The molecule has 0 fully saturated rings. The van der Waals surface area contributed by atoms with Crippen LogP contribution in [0.4, 0.5) is 5.82 Å². The van der Waals surface area contributed by atoms with Gasteiger partial charge in [0, 0.05) is 17.7 Å². The van der Waals surface area contributed by atoms with Crippen LogP contribution in [0.5, 0.6) is 0 Å². The number of anilines is 1. The van der Waals surface area contributed by atoms with Crippen molar-refractivity contribution < 1.29 is 4.42 Å². The van der Waals surface area contributed by atoms with Gasteiger partial charge in [0.15, 0.2) is 0 Å². The van der Waals surface area contributed by atoms with E-state index in [9.17, 15) is 0 Å². The van der Waals surface area contributed by atoms with Gasteiger partial charge in [-0.15, -0.1) is 0 Å². The van der Waals surface area contributed by atoms with E-state index in [4.69, 9.17) is 4.42 Å². The third-order valence-corrected chi connectivity index (χ3v) is 3.73. The van der Waals surface area contributed by atoms with Crippen LogP contribution in [0.1, 0.15) is 49.1 Å². The maximum absolute atomic E-state index is 5.61. The van der Waals surface area contributed by atoms with Crippen molar-refractivity contribution in [3.8, 4) is 0 Å². The smallest absolute Gasteiger partial charge is 0.213 e. The SMILES string of the molecule is CCc1cnc(CNc2ncnc3c2CCCCC3)o1. The van der Waals surface area contributed by atoms with E-state index in [-0.39, 0.29) is 0 Å². The summed E-state index contributed by atoms with van der Waals surface area (Å²) < 4.78 is 5.61. The summed E-state index contributed by atoms with van der Waals surface area (Å²) in [5, 5.41) is 3.35. The van der Waals surface area contributed by atoms with E-state index in [0.717, 1.165) is 30.8 Å². The highest BCUT2D eigenvalue weighted by atomic mass is 16.4. The molecule has 0 saturated carbocycles. The summed E-state index contributed by atoms with van der Waals surface area (Å²) in [6.45, 7) is 2.63. The molecule has 0 amide bonds. The van der Waals surface area contributed by atoms with Crippen molar-refractivity contribution in [2.45, 2.75) is 52.0 Å². The zero-order valence-corrected chi connectivity index (χ0v) is 11.9. The van der Waals surface area contributed by atoms with Crippen molar-refractivity contribution in [2.75, 3.05) is 5.32 Å². The number of nitrogens with one attached hydrogen (secondary N) is 1. The summed E-state index contributed by atoms with van der Waals surface area (Å²) in [4.78, 5) is 13.1. The normalized spacial score (nSPS) is 14.7. The van der Waals surface area contributed by atoms with Gasteiger partial charge in [-0.2, -0.15) is 0 Å². The molecule has 1 aliphatic rings. The van der Waals surface area contributed by atoms with Crippen molar-refractivity contribution >= 4 is 5.82 Å². The largest absolute Gasteiger partial charge is 0.444 e. The molecule has 2 heterocycles. The molecule has 5 nitrogen and oxygen atoms in total. The van der Waals surface area contributed by atoms with E-state index >= 15 is 0 Å². The molecule has 0 saturated heterocycles. The minimum Gasteiger partial charge on any atom is -0.444 e. The van der Waals surface area contributed by atoms with Crippen LogP contribution in [0.3, 0.4) is 0 Å². The lowest BCUT2D eigenvalue weighted by atomic mass is 10.1. The van der Waals surface area contributed by atoms with Crippen molar-refractivity contribution in [1.29, 1.82) is 0 Å². The van der Waals surface area contributed by atoms with Gasteiger partial charge in [-0.1, -0.05) is 13.3 Å². The highest BCUT2D eigenvalue weighted by Crippen LogP contribution is 2.24. The van der Waals surface area contributed by atoms with E-state index in [0.29, 0.717) is 12.4 Å². The number of nitrogens with zero attached hydrogens (tertiary/aromatic N) is 3. The Morgan fingerprint density at radius 3 is 2.90 bits per heavy atom. The number of fused-ring (bicyclic) bond motifs is 1. The van der Waals surface area contributed by atoms with Crippen LogP contribution < -0.4 is 5.32 Å². The van der Waals surface area contributed by atoms with Crippen molar-refractivity contribution in [3.63, 3.8) is 0 Å². The second-order valence-electron chi connectivity index (χ2n) is 5.14. The Labute approximate surface area is 118 Å². The molecular formula is C15H20N4O. The maximum atomic E-state index is 5.61. The predicted octanol–water partition coefficient (Wildman–Crippen LogP) is 2.91. The molecule has 5 heteroatoms. The van der Waals surface area contributed by atoms with Gasteiger partial charge in [0.25, 0.3) is 0 Å². The van der Waals surface area contributed by atoms with Gasteiger partial charge in [-0.3, -0.25) is 0 Å². The molecule has 0 spiro atoms. The van der Waals surface area contributed by atoms with Crippen molar-refractivity contribution in [2.24, 2.45) is 0 Å². The standard InChI is InChI=1S/C15H20N4O/c1-2-11-8-16-14(20-11)9-17-15-12-6-4-3-5-7-13(12)18-10-19-15/h8,10H,2-7,9H2,1H3,(H,17,18,19). The average molecular weight is 272 g/mol. The summed E-state index contributed by atoms with van der Waals surface area (Å²) in [6, 6.07) is 0. The minimum atomic E-state index is 0.573. The fourth-order valence-corrected chi connectivity index (χ4v) is 2.60. The summed E-state index contributed by atoms with van der Waals surface area (Å²) in [6.07, 6.45) is 10.1. The number of hydrogen-bond donors (Lipinski definition) is 1. The van der Waals surface area contributed by atoms with Gasteiger partial charge in [0.05, 0.1) is 12.7 Å². The fraction of sp³-hybridized carbons (Fsp3) is 0.533. The Morgan fingerprint density at radius 1 is 1.15 bits per heavy atom. The Morgan fingerprint density at radius 2 is 2.05 bits per heavy atom. The Bertz CT molecular complexity index is 579. The summed E-state index contributed by atoms with van der Waals surface area (Å²) in [7, 11) is 0. The van der Waals surface area contributed by atoms with Gasteiger partial charge >= 0.3 is 0 Å². The van der Waals surface area contributed by atoms with E-state index in [2.05, 4.69) is 27.2 Å². The molecule has 0 bridgehead atoms. The van der Waals surface area contributed by atoms with Crippen LogP contribution in [0.15, 0.2) is 16.9 Å². The van der Waals surface area contributed by atoms with Crippen LogP contribution >= 0.6 is 0 Å². The lowest BCUT2D eigenvalue weighted by molar-refractivity contribution is 0.465. The molecule has 3 rings (SSSR count). The first kappa shape index (κ1) is 13.1. The quantitative estimate of drug-likeness (QED) is 0.867. The number of aromatic nitrogens is 3. The summed E-state index contributed by atoms with van der Waals surface area (Å²) in [5.74, 6) is 2.57. The molecule has 0 unspecified atom stereocenters. The van der Waals surface area contributed by atoms with Gasteiger partial charge in [-0.25, -0.2) is 15.0 Å². The number of aryl methyl sites for hydroxylation is 2. The monoisotopic (exact) mass is 272 g/mol. The Balaban J connectivity index is 1.74. The summed E-state index contributed by atoms with van der Waals surface area (Å²) in [5.41, 5.74) is 2.47. The highest BCUT2D eigenvalue weighted by Gasteiger charge is 2.14. The van der Waals surface area contributed by atoms with Crippen molar-refractivity contribution in [3.05, 3.63) is 35.4 Å². The Kier molecular flexibility index (Phi) is 3.95. The molecular weight excluding hydrogens is 252 g/mol. The van der Waals surface area contributed by atoms with E-state index in [1.54, 1.807) is 12.5 Å². The number of rotatable bonds is 4. The van der Waals surface area contributed by atoms with Gasteiger partial charge in [-0.05, 0) is 25.7 Å². The molecule has 0 atom stereocenters. The molecule has 1 N–H and O–H groups in total. The second kappa shape index (κ2) is 6.03. The lowest BCUT2D eigenvalue weighted by Crippen LogP contribution is -2.08. The fourth-order valence-electron chi connectivity index (χ4n) is 2.60. The first-order valence-electron chi connectivity index (χ1n) is 7.37. The Hall–Kier alpha value is -1.91. The third-order valence-electron chi connectivity index (χ3n) is 3.73. The minimum absolute atomic E-state index is 0.573. The number of hydrogen-bond acceptors (Lipinski definition) is 5. The predicted molar refractivity (Wildman–Crippen MR) is 76.5 cm³/mol. The van der Waals surface area contributed by atoms with Crippen LogP contribution in [-0.2, 0) is 25.8 Å². The molecule has 2 aromatic heterocycles. The van der Waals surface area contributed by atoms with E-state index in [1.165, 1.54) is 30.5 Å². The zero-order valence-electron chi connectivity index (χ0n) is 11.9. The second-order valence-corrected chi connectivity index (χ2v) is 5.14. The van der Waals surface area contributed by atoms with E-state index < -0.39 is 0 Å². The first-order chi connectivity index (χ1) is 9.86. The molecule has 20 heavy (non-hydrogen) atoms. The molecule has 106 valence electrons. The maximum Gasteiger partial charge on any atom is 0.213 e. The third kappa shape index (κ3) is 2.81. The van der Waals surface area contributed by atoms with Crippen LogP contribution in [0.25, 0.3) is 0 Å². The molecule has 2 aromatic rings. The van der Waals surface area contributed by atoms with Crippen LogP contribution in [0, 0.1) is 0 Å². The first-order valence-corrected chi connectivity index (χ1v) is 7.37. The molecule has 1 aliphatic carbocycles.